The molecule has 0 radical (unpaired) electrons. The molecule has 0 fully saturated rings. The molecule has 0 bridgehead atoms. The van der Waals surface area contributed by atoms with Crippen LogP contribution in [0.5, 0.6) is 5.75 Å². The molecule has 0 spiro atoms. The van der Waals surface area contributed by atoms with Gasteiger partial charge in [-0.15, -0.1) is 0 Å². The first-order valence-corrected chi connectivity index (χ1v) is 8.03. The highest BCUT2D eigenvalue weighted by atomic mass is 16.7. The summed E-state index contributed by atoms with van der Waals surface area (Å²) in [5, 5.41) is 14.8. The minimum absolute atomic E-state index is 0.183. The van der Waals surface area contributed by atoms with Crippen molar-refractivity contribution >= 4 is 22.6 Å². The number of carbonyl (C=O) groups is 1. The maximum atomic E-state index is 11.2. The largest absolute Gasteiger partial charge is 0.508 e. The van der Waals surface area contributed by atoms with Crippen molar-refractivity contribution in [3.8, 4) is 5.75 Å². The molecular formula is C20H20N2O3. The molecule has 25 heavy (non-hydrogen) atoms. The summed E-state index contributed by atoms with van der Waals surface area (Å²) in [7, 11) is 1.93. The van der Waals surface area contributed by atoms with Gasteiger partial charge in [0.2, 0.25) is 0 Å². The van der Waals surface area contributed by atoms with E-state index >= 15 is 0 Å². The molecule has 0 aliphatic heterocycles. The van der Waals surface area contributed by atoms with Crippen molar-refractivity contribution in [3.05, 3.63) is 65.4 Å². The summed E-state index contributed by atoms with van der Waals surface area (Å²) in [5.41, 5.74) is 4.68. The molecule has 5 nitrogen and oxygen atoms in total. The third kappa shape index (κ3) is 3.55. The molecule has 0 atom stereocenters. The third-order valence-electron chi connectivity index (χ3n) is 4.19. The summed E-state index contributed by atoms with van der Waals surface area (Å²) in [4.78, 5) is 16.2. The molecule has 0 saturated carbocycles. The number of aromatic nitrogens is 1. The van der Waals surface area contributed by atoms with E-state index in [1.54, 1.807) is 12.1 Å². The molecule has 0 aliphatic carbocycles. The Bertz CT molecular complexity index is 970. The first kappa shape index (κ1) is 16.8. The SMILES string of the molecule is CC(=O)O/N=C(\Cc1ccccc1C)c1cn(C)c2ccc(O)cc12. The number of benzene rings is 2. The highest BCUT2D eigenvalue weighted by Crippen LogP contribution is 2.26. The fourth-order valence-electron chi connectivity index (χ4n) is 2.89. The van der Waals surface area contributed by atoms with Crippen molar-refractivity contribution in [1.82, 2.24) is 4.57 Å². The lowest BCUT2D eigenvalue weighted by atomic mass is 9.98. The monoisotopic (exact) mass is 336 g/mol. The summed E-state index contributed by atoms with van der Waals surface area (Å²) in [6.07, 6.45) is 2.46. The smallest absolute Gasteiger partial charge is 0.331 e. The predicted molar refractivity (Wildman–Crippen MR) is 97.8 cm³/mol. The zero-order chi connectivity index (χ0) is 18.0. The highest BCUT2D eigenvalue weighted by Gasteiger charge is 2.15. The molecule has 0 aliphatic rings. The first-order chi connectivity index (χ1) is 12.0. The van der Waals surface area contributed by atoms with Gasteiger partial charge < -0.3 is 14.5 Å². The van der Waals surface area contributed by atoms with E-state index in [-0.39, 0.29) is 5.75 Å². The molecule has 0 unspecified atom stereocenters. The number of aryl methyl sites for hydroxylation is 2. The number of phenolic OH excluding ortho intramolecular Hbond substituents is 1. The van der Waals surface area contributed by atoms with E-state index in [0.717, 1.165) is 27.6 Å². The van der Waals surface area contributed by atoms with Crippen LogP contribution in [0.15, 0.2) is 53.8 Å². The Hall–Kier alpha value is -3.08. The fraction of sp³-hybridized carbons (Fsp3) is 0.200. The molecule has 0 saturated heterocycles. The van der Waals surface area contributed by atoms with Crippen molar-refractivity contribution < 1.29 is 14.7 Å². The van der Waals surface area contributed by atoms with E-state index in [2.05, 4.69) is 5.16 Å². The maximum absolute atomic E-state index is 11.2. The van der Waals surface area contributed by atoms with Crippen LogP contribution in [0.1, 0.15) is 23.6 Å². The van der Waals surface area contributed by atoms with E-state index in [1.807, 2.05) is 55.1 Å². The van der Waals surface area contributed by atoms with E-state index < -0.39 is 5.97 Å². The molecule has 1 aromatic heterocycles. The van der Waals surface area contributed by atoms with Gasteiger partial charge in [0.05, 0.1) is 5.71 Å². The second kappa shape index (κ2) is 6.81. The predicted octanol–water partition coefficient (Wildman–Crippen LogP) is 3.70. The number of fused-ring (bicyclic) bond motifs is 1. The Kier molecular flexibility index (Phi) is 4.57. The molecule has 3 aromatic rings. The van der Waals surface area contributed by atoms with Gasteiger partial charge in [-0.05, 0) is 36.2 Å². The van der Waals surface area contributed by atoms with Crippen molar-refractivity contribution in [2.75, 3.05) is 0 Å². The zero-order valence-corrected chi connectivity index (χ0v) is 14.5. The maximum Gasteiger partial charge on any atom is 0.331 e. The summed E-state index contributed by atoms with van der Waals surface area (Å²) in [6.45, 7) is 3.36. The summed E-state index contributed by atoms with van der Waals surface area (Å²) >= 11 is 0. The summed E-state index contributed by atoms with van der Waals surface area (Å²) < 4.78 is 1.96. The van der Waals surface area contributed by atoms with Crippen molar-refractivity contribution in [2.45, 2.75) is 20.3 Å². The minimum atomic E-state index is -0.467. The minimum Gasteiger partial charge on any atom is -0.508 e. The van der Waals surface area contributed by atoms with Crippen LogP contribution < -0.4 is 0 Å². The number of hydrogen-bond donors (Lipinski definition) is 1. The number of aromatic hydroxyl groups is 1. The van der Waals surface area contributed by atoms with Gasteiger partial charge in [0.1, 0.15) is 5.75 Å². The Labute approximate surface area is 146 Å². The Morgan fingerprint density at radius 2 is 2.00 bits per heavy atom. The quantitative estimate of drug-likeness (QED) is 0.449. The van der Waals surface area contributed by atoms with Crippen LogP contribution in [0.3, 0.4) is 0 Å². The molecule has 1 N–H and O–H groups in total. The lowest BCUT2D eigenvalue weighted by Gasteiger charge is -2.08. The number of rotatable bonds is 4. The summed E-state index contributed by atoms with van der Waals surface area (Å²) in [5.74, 6) is -0.284. The Balaban J connectivity index is 2.12. The van der Waals surface area contributed by atoms with Gasteiger partial charge in [0, 0.05) is 43.1 Å². The number of carbonyl (C=O) groups excluding carboxylic acids is 1. The summed E-state index contributed by atoms with van der Waals surface area (Å²) in [6, 6.07) is 13.2. The topological polar surface area (TPSA) is 63.8 Å². The van der Waals surface area contributed by atoms with Crippen LogP contribution in [0.2, 0.25) is 0 Å². The Morgan fingerprint density at radius 3 is 2.72 bits per heavy atom. The van der Waals surface area contributed by atoms with Crippen molar-refractivity contribution in [3.63, 3.8) is 0 Å². The molecule has 5 heteroatoms. The van der Waals surface area contributed by atoms with Crippen LogP contribution in [0.25, 0.3) is 10.9 Å². The van der Waals surface area contributed by atoms with Gasteiger partial charge in [-0.25, -0.2) is 4.79 Å². The Morgan fingerprint density at radius 1 is 1.24 bits per heavy atom. The molecule has 3 rings (SSSR count). The van der Waals surface area contributed by atoms with Crippen molar-refractivity contribution in [2.24, 2.45) is 12.2 Å². The number of oxime groups is 1. The van der Waals surface area contributed by atoms with E-state index in [9.17, 15) is 9.90 Å². The second-order valence-corrected chi connectivity index (χ2v) is 6.08. The number of phenols is 1. The van der Waals surface area contributed by atoms with Gasteiger partial charge in [-0.2, -0.15) is 0 Å². The molecule has 128 valence electrons. The standard InChI is InChI=1S/C20H20N2O3/c1-13-6-4-5-7-15(13)10-19(21-25-14(2)23)18-12-22(3)20-9-8-16(24)11-17(18)20/h4-9,11-12,24H,10H2,1-3H3/b21-19+. The zero-order valence-electron chi connectivity index (χ0n) is 14.5. The van der Waals surface area contributed by atoms with Gasteiger partial charge in [0.25, 0.3) is 0 Å². The van der Waals surface area contributed by atoms with Crippen LogP contribution in [-0.2, 0) is 23.1 Å². The average Bonchev–Trinajstić information content (AvgIpc) is 2.89. The van der Waals surface area contributed by atoms with E-state index in [0.29, 0.717) is 12.1 Å². The van der Waals surface area contributed by atoms with Gasteiger partial charge in [-0.3, -0.25) is 0 Å². The van der Waals surface area contributed by atoms with Crippen LogP contribution in [0, 0.1) is 6.92 Å². The van der Waals surface area contributed by atoms with E-state index in [1.165, 1.54) is 6.92 Å². The van der Waals surface area contributed by atoms with Crippen LogP contribution >= 0.6 is 0 Å². The van der Waals surface area contributed by atoms with Crippen LogP contribution in [-0.4, -0.2) is 21.4 Å². The van der Waals surface area contributed by atoms with Gasteiger partial charge in [0.15, 0.2) is 0 Å². The average molecular weight is 336 g/mol. The lowest BCUT2D eigenvalue weighted by molar-refractivity contribution is -0.140. The van der Waals surface area contributed by atoms with E-state index in [4.69, 9.17) is 4.84 Å². The third-order valence-corrected chi connectivity index (χ3v) is 4.19. The molecule has 1 heterocycles. The number of nitrogens with zero attached hydrogens (tertiary/aromatic N) is 2. The number of hydrogen-bond acceptors (Lipinski definition) is 4. The lowest BCUT2D eigenvalue weighted by Crippen LogP contribution is -2.08. The van der Waals surface area contributed by atoms with Crippen molar-refractivity contribution in [1.29, 1.82) is 0 Å². The fourth-order valence-corrected chi connectivity index (χ4v) is 2.89. The molecule has 2 aromatic carbocycles. The first-order valence-electron chi connectivity index (χ1n) is 8.03. The molecular weight excluding hydrogens is 316 g/mol. The van der Waals surface area contributed by atoms with Crippen LogP contribution in [0.4, 0.5) is 0 Å². The normalized spacial score (nSPS) is 11.7. The van der Waals surface area contributed by atoms with Gasteiger partial charge >= 0.3 is 5.97 Å². The van der Waals surface area contributed by atoms with Gasteiger partial charge in [-0.1, -0.05) is 29.4 Å². The second-order valence-electron chi connectivity index (χ2n) is 6.08. The highest BCUT2D eigenvalue weighted by molar-refractivity contribution is 6.12. The molecule has 0 amide bonds.